The number of nitrogens with one attached hydrogen (secondary N) is 2. The molecule has 1 atom stereocenters. The van der Waals surface area contributed by atoms with Crippen LogP contribution in [0.25, 0.3) is 0 Å². The average molecular weight is 333 g/mol. The van der Waals surface area contributed by atoms with E-state index in [2.05, 4.69) is 14.7 Å². The molecule has 0 saturated heterocycles. The number of H-pyrrole nitrogens is 1. The van der Waals surface area contributed by atoms with Crippen LogP contribution in [0.15, 0.2) is 29.4 Å². The summed E-state index contributed by atoms with van der Waals surface area (Å²) in [5, 5.41) is -0.171. The van der Waals surface area contributed by atoms with Crippen LogP contribution in [-0.2, 0) is 16.6 Å². The molecule has 0 spiro atoms. The van der Waals surface area contributed by atoms with Crippen LogP contribution in [0.4, 0.5) is 4.39 Å². The highest BCUT2D eigenvalue weighted by atomic mass is 35.5. The summed E-state index contributed by atoms with van der Waals surface area (Å²) in [6.07, 6.45) is 3.09. The summed E-state index contributed by atoms with van der Waals surface area (Å²) in [4.78, 5) is 6.53. The zero-order chi connectivity index (χ0) is 15.6. The van der Waals surface area contributed by atoms with Crippen LogP contribution >= 0.6 is 11.6 Å². The molecular weight excluding hydrogens is 319 g/mol. The number of hydrogen-bond donors (Lipinski definition) is 3. The lowest BCUT2D eigenvalue weighted by atomic mass is 10.2. The molecular formula is C12H14ClFN4O2S. The lowest BCUT2D eigenvalue weighted by Gasteiger charge is -2.13. The first kappa shape index (κ1) is 15.9. The fraction of sp³-hybridized carbons (Fsp3) is 0.250. The van der Waals surface area contributed by atoms with Crippen molar-refractivity contribution in [2.45, 2.75) is 24.4 Å². The monoisotopic (exact) mass is 332 g/mol. The van der Waals surface area contributed by atoms with E-state index in [-0.39, 0.29) is 22.0 Å². The number of nitrogens with two attached hydrogens (primary N) is 1. The first-order valence-corrected chi connectivity index (χ1v) is 7.91. The molecule has 0 saturated carbocycles. The van der Waals surface area contributed by atoms with Crippen molar-refractivity contribution in [1.82, 2.24) is 14.7 Å². The highest BCUT2D eigenvalue weighted by Gasteiger charge is 2.22. The third-order valence-corrected chi connectivity index (χ3v) is 4.81. The number of aromatic nitrogens is 2. The van der Waals surface area contributed by atoms with Gasteiger partial charge in [0, 0.05) is 18.9 Å². The second kappa shape index (κ2) is 6.10. The van der Waals surface area contributed by atoms with Gasteiger partial charge in [0.1, 0.15) is 11.6 Å². The van der Waals surface area contributed by atoms with Gasteiger partial charge in [-0.2, -0.15) is 0 Å². The Morgan fingerprint density at radius 2 is 2.24 bits per heavy atom. The molecule has 21 heavy (non-hydrogen) atoms. The van der Waals surface area contributed by atoms with Crippen LogP contribution < -0.4 is 10.5 Å². The van der Waals surface area contributed by atoms with Crippen LogP contribution in [0.2, 0.25) is 5.02 Å². The van der Waals surface area contributed by atoms with Crippen molar-refractivity contribution in [2.24, 2.45) is 5.73 Å². The van der Waals surface area contributed by atoms with Gasteiger partial charge in [-0.05, 0) is 24.6 Å². The molecule has 114 valence electrons. The van der Waals surface area contributed by atoms with E-state index in [1.807, 2.05) is 0 Å². The van der Waals surface area contributed by atoms with Gasteiger partial charge in [0.2, 0.25) is 10.0 Å². The topological polar surface area (TPSA) is 101 Å². The molecule has 1 aromatic heterocycles. The smallest absolute Gasteiger partial charge is 0.241 e. The van der Waals surface area contributed by atoms with Crippen molar-refractivity contribution in [3.8, 4) is 0 Å². The molecule has 2 rings (SSSR count). The van der Waals surface area contributed by atoms with E-state index < -0.39 is 21.9 Å². The Balaban J connectivity index is 2.34. The molecule has 0 fully saturated rings. The van der Waals surface area contributed by atoms with Crippen LogP contribution in [0.1, 0.15) is 24.4 Å². The van der Waals surface area contributed by atoms with Gasteiger partial charge in [-0.1, -0.05) is 11.6 Å². The number of rotatable bonds is 5. The Labute approximate surface area is 126 Å². The first-order valence-electron chi connectivity index (χ1n) is 6.04. The summed E-state index contributed by atoms with van der Waals surface area (Å²) < 4.78 is 40.6. The predicted octanol–water partition coefficient (Wildman–Crippen LogP) is 1.70. The maximum absolute atomic E-state index is 13.7. The van der Waals surface area contributed by atoms with Gasteiger partial charge < -0.3 is 10.7 Å². The quantitative estimate of drug-likeness (QED) is 0.775. The second-order valence-electron chi connectivity index (χ2n) is 4.40. The first-order chi connectivity index (χ1) is 9.85. The van der Waals surface area contributed by atoms with E-state index >= 15 is 0 Å². The summed E-state index contributed by atoms with van der Waals surface area (Å²) in [5.74, 6) is -0.377. The van der Waals surface area contributed by atoms with E-state index in [0.29, 0.717) is 5.82 Å². The largest absolute Gasteiger partial charge is 0.347 e. The maximum atomic E-state index is 13.7. The Kier molecular flexibility index (Phi) is 4.62. The average Bonchev–Trinajstić information content (AvgIpc) is 2.95. The minimum Gasteiger partial charge on any atom is -0.347 e. The lowest BCUT2D eigenvalue weighted by molar-refractivity contribution is 0.558. The van der Waals surface area contributed by atoms with Crippen molar-refractivity contribution in [1.29, 1.82) is 0 Å². The minimum absolute atomic E-state index is 0.0626. The van der Waals surface area contributed by atoms with Crippen molar-refractivity contribution in [3.05, 3.63) is 46.8 Å². The Morgan fingerprint density at radius 1 is 1.52 bits per heavy atom. The molecule has 1 heterocycles. The molecule has 2 aromatic rings. The predicted molar refractivity (Wildman–Crippen MR) is 76.6 cm³/mol. The summed E-state index contributed by atoms with van der Waals surface area (Å²) in [6, 6.07) is 1.52. The van der Waals surface area contributed by atoms with Gasteiger partial charge in [-0.25, -0.2) is 22.5 Å². The van der Waals surface area contributed by atoms with Gasteiger partial charge in [0.15, 0.2) is 0 Å². The second-order valence-corrected chi connectivity index (χ2v) is 6.49. The number of imidazole rings is 1. The molecule has 1 aromatic carbocycles. The normalized spacial score (nSPS) is 13.3. The van der Waals surface area contributed by atoms with Crippen molar-refractivity contribution < 1.29 is 12.8 Å². The lowest BCUT2D eigenvalue weighted by Crippen LogP contribution is -2.28. The van der Waals surface area contributed by atoms with Crippen molar-refractivity contribution >= 4 is 21.6 Å². The molecule has 6 nitrogen and oxygen atoms in total. The standard InChI is InChI=1S/C12H14ClFN4O2S/c1-7(12-16-2-3-17-12)18-21(19,20)9-4-8(6-15)11(13)10(14)5-9/h2-5,7,18H,6,15H2,1H3,(H,16,17). The summed E-state index contributed by atoms with van der Waals surface area (Å²) >= 11 is 5.72. The molecule has 4 N–H and O–H groups in total. The van der Waals surface area contributed by atoms with Crippen LogP contribution in [0.5, 0.6) is 0 Å². The number of hydrogen-bond acceptors (Lipinski definition) is 4. The number of halogens is 2. The van der Waals surface area contributed by atoms with Gasteiger partial charge in [0.05, 0.1) is 16.0 Å². The van der Waals surface area contributed by atoms with E-state index in [1.54, 1.807) is 13.1 Å². The third-order valence-electron chi connectivity index (χ3n) is 2.87. The van der Waals surface area contributed by atoms with Gasteiger partial charge in [-0.3, -0.25) is 0 Å². The van der Waals surface area contributed by atoms with Gasteiger partial charge in [0.25, 0.3) is 0 Å². The fourth-order valence-corrected chi connectivity index (χ4v) is 3.25. The van der Waals surface area contributed by atoms with E-state index in [9.17, 15) is 12.8 Å². The number of sulfonamides is 1. The summed E-state index contributed by atoms with van der Waals surface area (Å²) in [6.45, 7) is 1.55. The van der Waals surface area contributed by atoms with Crippen LogP contribution in [0, 0.1) is 5.82 Å². The molecule has 0 radical (unpaired) electrons. The summed E-state index contributed by atoms with van der Waals surface area (Å²) in [7, 11) is -3.92. The highest BCUT2D eigenvalue weighted by molar-refractivity contribution is 7.89. The number of benzene rings is 1. The van der Waals surface area contributed by atoms with E-state index in [0.717, 1.165) is 6.07 Å². The fourth-order valence-electron chi connectivity index (χ4n) is 1.79. The Morgan fingerprint density at radius 3 is 2.81 bits per heavy atom. The zero-order valence-electron chi connectivity index (χ0n) is 11.1. The van der Waals surface area contributed by atoms with Crippen molar-refractivity contribution in [3.63, 3.8) is 0 Å². The van der Waals surface area contributed by atoms with Gasteiger partial charge >= 0.3 is 0 Å². The van der Waals surface area contributed by atoms with Crippen LogP contribution in [0.3, 0.4) is 0 Å². The SMILES string of the molecule is CC(NS(=O)(=O)c1cc(F)c(Cl)c(CN)c1)c1ncc[nH]1. The number of nitrogens with zero attached hydrogens (tertiary/aromatic N) is 1. The zero-order valence-corrected chi connectivity index (χ0v) is 12.7. The molecule has 9 heteroatoms. The molecule has 0 amide bonds. The van der Waals surface area contributed by atoms with Crippen molar-refractivity contribution in [2.75, 3.05) is 0 Å². The molecule has 0 aliphatic rings. The number of aromatic amines is 1. The van der Waals surface area contributed by atoms with Crippen LogP contribution in [-0.4, -0.2) is 18.4 Å². The van der Waals surface area contributed by atoms with E-state index in [1.165, 1.54) is 12.3 Å². The minimum atomic E-state index is -3.92. The van der Waals surface area contributed by atoms with Gasteiger partial charge in [-0.15, -0.1) is 0 Å². The summed E-state index contributed by atoms with van der Waals surface area (Å²) in [5.41, 5.74) is 5.65. The maximum Gasteiger partial charge on any atom is 0.241 e. The van der Waals surface area contributed by atoms with E-state index in [4.69, 9.17) is 17.3 Å². The highest BCUT2D eigenvalue weighted by Crippen LogP contribution is 2.25. The molecule has 0 aliphatic heterocycles. The molecule has 0 bridgehead atoms. The Bertz CT molecular complexity index is 734. The Hall–Kier alpha value is -1.48. The molecule has 1 unspecified atom stereocenters. The molecule has 0 aliphatic carbocycles. The third kappa shape index (κ3) is 3.41.